The van der Waals surface area contributed by atoms with Crippen LogP contribution in [-0.2, 0) is 6.42 Å². The Morgan fingerprint density at radius 1 is 1.37 bits per heavy atom. The molecule has 1 saturated carbocycles. The number of hydrogen-bond acceptors (Lipinski definition) is 6. The first-order chi connectivity index (χ1) is 9.33. The SMILES string of the molecule is NC(Cc1nc(-c2ccncn2)no1)C1CCCC1. The molecule has 1 aliphatic rings. The van der Waals surface area contributed by atoms with Crippen LogP contribution < -0.4 is 5.73 Å². The molecule has 6 heteroatoms. The molecule has 0 aromatic carbocycles. The molecule has 1 unspecified atom stereocenters. The maximum absolute atomic E-state index is 6.21. The first-order valence-electron chi connectivity index (χ1n) is 6.67. The average molecular weight is 259 g/mol. The Bertz CT molecular complexity index is 521. The van der Waals surface area contributed by atoms with Crippen molar-refractivity contribution in [2.24, 2.45) is 11.7 Å². The third-order valence-electron chi connectivity index (χ3n) is 3.69. The van der Waals surface area contributed by atoms with Crippen LogP contribution in [0.2, 0.25) is 0 Å². The molecular formula is C13H17N5O. The highest BCUT2D eigenvalue weighted by atomic mass is 16.5. The summed E-state index contributed by atoms with van der Waals surface area (Å²) in [6.07, 6.45) is 8.77. The molecule has 2 N–H and O–H groups in total. The summed E-state index contributed by atoms with van der Waals surface area (Å²) >= 11 is 0. The number of nitrogens with two attached hydrogens (primary N) is 1. The van der Waals surface area contributed by atoms with Gasteiger partial charge in [0.05, 0.1) is 0 Å². The van der Waals surface area contributed by atoms with Gasteiger partial charge in [-0.1, -0.05) is 18.0 Å². The lowest BCUT2D eigenvalue weighted by Crippen LogP contribution is -2.30. The Labute approximate surface area is 111 Å². The molecule has 6 nitrogen and oxygen atoms in total. The zero-order valence-electron chi connectivity index (χ0n) is 10.7. The van der Waals surface area contributed by atoms with E-state index in [1.165, 1.54) is 32.0 Å². The summed E-state index contributed by atoms with van der Waals surface area (Å²) in [5.41, 5.74) is 6.87. The smallest absolute Gasteiger partial charge is 0.228 e. The molecule has 3 rings (SSSR count). The van der Waals surface area contributed by atoms with E-state index in [0.29, 0.717) is 29.7 Å². The molecule has 2 aromatic heterocycles. The highest BCUT2D eigenvalue weighted by molar-refractivity contribution is 5.46. The molecule has 19 heavy (non-hydrogen) atoms. The van der Waals surface area contributed by atoms with Crippen molar-refractivity contribution in [2.75, 3.05) is 0 Å². The van der Waals surface area contributed by atoms with Gasteiger partial charge in [-0.25, -0.2) is 9.97 Å². The Morgan fingerprint density at radius 3 is 2.95 bits per heavy atom. The van der Waals surface area contributed by atoms with Crippen LogP contribution >= 0.6 is 0 Å². The van der Waals surface area contributed by atoms with Crippen LogP contribution in [0.15, 0.2) is 23.1 Å². The molecule has 1 atom stereocenters. The Hall–Kier alpha value is -1.82. The summed E-state index contributed by atoms with van der Waals surface area (Å²) in [4.78, 5) is 12.3. The van der Waals surface area contributed by atoms with Crippen LogP contribution in [0.25, 0.3) is 11.5 Å². The standard InChI is InChI=1S/C13H17N5O/c14-10(9-3-1-2-4-9)7-12-17-13(18-19-12)11-5-6-15-8-16-11/h5-6,8-10H,1-4,7,14H2. The Balaban J connectivity index is 1.68. The second-order valence-electron chi connectivity index (χ2n) is 5.02. The fraction of sp³-hybridized carbons (Fsp3) is 0.538. The van der Waals surface area contributed by atoms with Gasteiger partial charge in [0.15, 0.2) is 0 Å². The summed E-state index contributed by atoms with van der Waals surface area (Å²) < 4.78 is 5.25. The maximum Gasteiger partial charge on any atom is 0.228 e. The van der Waals surface area contributed by atoms with Crippen molar-refractivity contribution in [2.45, 2.75) is 38.1 Å². The highest BCUT2D eigenvalue weighted by Gasteiger charge is 2.24. The molecule has 0 bridgehead atoms. The van der Waals surface area contributed by atoms with Crippen LogP contribution in [0, 0.1) is 5.92 Å². The van der Waals surface area contributed by atoms with Crippen molar-refractivity contribution in [3.05, 3.63) is 24.5 Å². The van der Waals surface area contributed by atoms with E-state index in [-0.39, 0.29) is 6.04 Å². The van der Waals surface area contributed by atoms with E-state index >= 15 is 0 Å². The molecule has 0 aliphatic heterocycles. The minimum absolute atomic E-state index is 0.112. The zero-order chi connectivity index (χ0) is 13.1. The van der Waals surface area contributed by atoms with E-state index in [0.717, 1.165) is 0 Å². The lowest BCUT2D eigenvalue weighted by Gasteiger charge is -2.16. The molecule has 0 amide bonds. The van der Waals surface area contributed by atoms with E-state index in [4.69, 9.17) is 10.3 Å². The second-order valence-corrected chi connectivity index (χ2v) is 5.02. The minimum Gasteiger partial charge on any atom is -0.339 e. The Morgan fingerprint density at radius 2 is 2.21 bits per heavy atom. The largest absolute Gasteiger partial charge is 0.339 e. The monoisotopic (exact) mass is 259 g/mol. The van der Waals surface area contributed by atoms with Crippen molar-refractivity contribution in [3.8, 4) is 11.5 Å². The molecule has 0 spiro atoms. The molecule has 0 saturated heterocycles. The first kappa shape index (κ1) is 12.2. The van der Waals surface area contributed by atoms with Gasteiger partial charge < -0.3 is 10.3 Å². The van der Waals surface area contributed by atoms with E-state index in [1.54, 1.807) is 12.3 Å². The van der Waals surface area contributed by atoms with E-state index in [9.17, 15) is 0 Å². The van der Waals surface area contributed by atoms with Crippen molar-refractivity contribution >= 4 is 0 Å². The van der Waals surface area contributed by atoms with Gasteiger partial charge >= 0.3 is 0 Å². The fourth-order valence-corrected chi connectivity index (χ4v) is 2.62. The van der Waals surface area contributed by atoms with Gasteiger partial charge in [0.25, 0.3) is 0 Å². The molecule has 2 heterocycles. The van der Waals surface area contributed by atoms with Gasteiger partial charge in [-0.15, -0.1) is 0 Å². The van der Waals surface area contributed by atoms with Crippen molar-refractivity contribution < 1.29 is 4.52 Å². The van der Waals surface area contributed by atoms with Crippen molar-refractivity contribution in [1.29, 1.82) is 0 Å². The second kappa shape index (κ2) is 5.44. The highest BCUT2D eigenvalue weighted by Crippen LogP contribution is 2.28. The predicted molar refractivity (Wildman–Crippen MR) is 69.0 cm³/mol. The number of nitrogens with zero attached hydrogens (tertiary/aromatic N) is 4. The average Bonchev–Trinajstić information content (AvgIpc) is 3.11. The van der Waals surface area contributed by atoms with Gasteiger partial charge in [0.2, 0.25) is 11.7 Å². The molecule has 1 fully saturated rings. The lowest BCUT2D eigenvalue weighted by molar-refractivity contribution is 0.341. The van der Waals surface area contributed by atoms with Gasteiger partial charge in [-0.3, -0.25) is 0 Å². The van der Waals surface area contributed by atoms with Crippen LogP contribution in [0.3, 0.4) is 0 Å². The fourth-order valence-electron chi connectivity index (χ4n) is 2.62. The van der Waals surface area contributed by atoms with Gasteiger partial charge in [-0.05, 0) is 24.8 Å². The number of rotatable bonds is 4. The molecule has 2 aromatic rings. The molecule has 0 radical (unpaired) electrons. The van der Waals surface area contributed by atoms with E-state index in [1.807, 2.05) is 0 Å². The molecule has 1 aliphatic carbocycles. The summed E-state index contributed by atoms with van der Waals surface area (Å²) in [6, 6.07) is 1.87. The summed E-state index contributed by atoms with van der Waals surface area (Å²) in [7, 11) is 0. The van der Waals surface area contributed by atoms with Crippen LogP contribution in [0.4, 0.5) is 0 Å². The third-order valence-corrected chi connectivity index (χ3v) is 3.69. The predicted octanol–water partition coefficient (Wildman–Crippen LogP) is 1.59. The van der Waals surface area contributed by atoms with Crippen LogP contribution in [-0.4, -0.2) is 26.2 Å². The Kier molecular flexibility index (Phi) is 3.50. The number of aromatic nitrogens is 4. The van der Waals surface area contributed by atoms with Crippen molar-refractivity contribution in [1.82, 2.24) is 20.1 Å². The van der Waals surface area contributed by atoms with E-state index in [2.05, 4.69) is 20.1 Å². The summed E-state index contributed by atoms with van der Waals surface area (Å²) in [5, 5.41) is 3.93. The zero-order valence-corrected chi connectivity index (χ0v) is 10.7. The summed E-state index contributed by atoms with van der Waals surface area (Å²) in [6.45, 7) is 0. The maximum atomic E-state index is 6.21. The quantitative estimate of drug-likeness (QED) is 0.896. The topological polar surface area (TPSA) is 90.7 Å². The first-order valence-corrected chi connectivity index (χ1v) is 6.67. The van der Waals surface area contributed by atoms with Crippen LogP contribution in [0.5, 0.6) is 0 Å². The lowest BCUT2D eigenvalue weighted by atomic mass is 9.96. The van der Waals surface area contributed by atoms with Gasteiger partial charge in [0, 0.05) is 18.7 Å². The molecular weight excluding hydrogens is 242 g/mol. The van der Waals surface area contributed by atoms with Gasteiger partial charge in [-0.2, -0.15) is 4.98 Å². The van der Waals surface area contributed by atoms with Crippen molar-refractivity contribution in [3.63, 3.8) is 0 Å². The number of hydrogen-bond donors (Lipinski definition) is 1. The summed E-state index contributed by atoms with van der Waals surface area (Å²) in [5.74, 6) is 1.68. The normalized spacial score (nSPS) is 17.7. The van der Waals surface area contributed by atoms with E-state index < -0.39 is 0 Å². The van der Waals surface area contributed by atoms with Crippen LogP contribution in [0.1, 0.15) is 31.6 Å². The molecule has 100 valence electrons. The third kappa shape index (κ3) is 2.78. The van der Waals surface area contributed by atoms with Gasteiger partial charge in [0.1, 0.15) is 12.0 Å². The minimum atomic E-state index is 0.112.